The van der Waals surface area contributed by atoms with E-state index < -0.39 is 0 Å². The maximum atomic E-state index is 5.52. The molecule has 0 radical (unpaired) electrons. The van der Waals surface area contributed by atoms with Gasteiger partial charge in [0.2, 0.25) is 0 Å². The molecule has 0 amide bonds. The molecule has 2 unspecified atom stereocenters. The second-order valence-corrected chi connectivity index (χ2v) is 7.47. The number of anilines is 1. The van der Waals surface area contributed by atoms with Gasteiger partial charge in [-0.25, -0.2) is 5.01 Å². The Morgan fingerprint density at radius 1 is 1.04 bits per heavy atom. The molecule has 0 saturated heterocycles. The molecule has 2 aliphatic carbocycles. The highest BCUT2D eigenvalue weighted by Crippen LogP contribution is 2.49. The quantitative estimate of drug-likeness (QED) is 0.574. The van der Waals surface area contributed by atoms with E-state index in [0.717, 1.165) is 22.8 Å². The number of hydrazone groups is 1. The largest absolute Gasteiger partial charge is 0.216 e. The standard InChI is InChI=1S/C19H18N2S2/c1-23-19(22)21(14-8-3-2-4-9-14)20-18-12-16-15-10-6-5-7-13(15)11-17(16)18/h2-10,16-17H,11-12H2,1H3/b20-18+. The lowest BCUT2D eigenvalue weighted by Gasteiger charge is -2.34. The molecular weight excluding hydrogens is 320 g/mol. The molecule has 0 heterocycles. The SMILES string of the molecule is CSC(=S)N(/N=C1\CC2c3ccccc3CC12)c1ccccc1. The van der Waals surface area contributed by atoms with Crippen LogP contribution >= 0.6 is 24.0 Å². The van der Waals surface area contributed by atoms with Gasteiger partial charge >= 0.3 is 0 Å². The van der Waals surface area contributed by atoms with Gasteiger partial charge in [-0.3, -0.25) is 0 Å². The van der Waals surface area contributed by atoms with Crippen LogP contribution in [0.3, 0.4) is 0 Å². The van der Waals surface area contributed by atoms with Crippen molar-refractivity contribution in [1.29, 1.82) is 0 Å². The summed E-state index contributed by atoms with van der Waals surface area (Å²) < 4.78 is 0.794. The Hall–Kier alpha value is -1.65. The fourth-order valence-corrected chi connectivity index (χ4v) is 4.06. The van der Waals surface area contributed by atoms with Crippen LogP contribution in [0.1, 0.15) is 23.5 Å². The Bertz CT molecular complexity index is 770. The predicted molar refractivity (Wildman–Crippen MR) is 103 cm³/mol. The van der Waals surface area contributed by atoms with Gasteiger partial charge in [-0.2, -0.15) is 5.10 Å². The molecule has 2 aromatic rings. The molecule has 1 fully saturated rings. The second kappa shape index (κ2) is 6.10. The molecule has 23 heavy (non-hydrogen) atoms. The van der Waals surface area contributed by atoms with Crippen LogP contribution in [-0.2, 0) is 6.42 Å². The van der Waals surface area contributed by atoms with Crippen molar-refractivity contribution < 1.29 is 0 Å². The van der Waals surface area contributed by atoms with Gasteiger partial charge in [0.25, 0.3) is 0 Å². The van der Waals surface area contributed by atoms with Crippen LogP contribution in [0.2, 0.25) is 0 Å². The van der Waals surface area contributed by atoms with Gasteiger partial charge in [-0.15, -0.1) is 0 Å². The van der Waals surface area contributed by atoms with Crippen LogP contribution in [0, 0.1) is 5.92 Å². The van der Waals surface area contributed by atoms with E-state index in [9.17, 15) is 0 Å². The zero-order chi connectivity index (χ0) is 15.8. The topological polar surface area (TPSA) is 15.6 Å². The molecule has 2 aliphatic rings. The molecule has 0 bridgehead atoms. The Morgan fingerprint density at radius 3 is 2.57 bits per heavy atom. The van der Waals surface area contributed by atoms with E-state index in [2.05, 4.69) is 36.4 Å². The Labute approximate surface area is 146 Å². The summed E-state index contributed by atoms with van der Waals surface area (Å²) in [7, 11) is 0. The molecule has 1 saturated carbocycles. The first-order valence-corrected chi connectivity index (χ1v) is 9.49. The van der Waals surface area contributed by atoms with Crippen LogP contribution in [0.25, 0.3) is 0 Å². The van der Waals surface area contributed by atoms with Gasteiger partial charge in [-0.1, -0.05) is 66.4 Å². The lowest BCUT2D eigenvalue weighted by Crippen LogP contribution is -2.36. The summed E-state index contributed by atoms with van der Waals surface area (Å²) in [5, 5.41) is 6.86. The van der Waals surface area contributed by atoms with E-state index in [1.807, 2.05) is 29.5 Å². The number of hydrogen-bond donors (Lipinski definition) is 0. The lowest BCUT2D eigenvalue weighted by molar-refractivity contribution is 0.504. The van der Waals surface area contributed by atoms with Gasteiger partial charge in [-0.05, 0) is 48.3 Å². The van der Waals surface area contributed by atoms with Crippen molar-refractivity contribution in [2.45, 2.75) is 18.8 Å². The molecule has 0 N–H and O–H groups in total. The summed E-state index contributed by atoms with van der Waals surface area (Å²) in [5.41, 5.74) is 5.34. The third-order valence-electron chi connectivity index (χ3n) is 4.81. The predicted octanol–water partition coefficient (Wildman–Crippen LogP) is 4.86. The van der Waals surface area contributed by atoms with Gasteiger partial charge in [0.1, 0.15) is 0 Å². The molecule has 116 valence electrons. The van der Waals surface area contributed by atoms with Gasteiger partial charge in [0, 0.05) is 11.6 Å². The highest BCUT2D eigenvalue weighted by Gasteiger charge is 2.44. The smallest absolute Gasteiger partial charge is 0.161 e. The minimum Gasteiger partial charge on any atom is -0.216 e. The molecule has 4 heteroatoms. The molecule has 2 aromatic carbocycles. The van der Waals surface area contributed by atoms with Crippen molar-refractivity contribution in [3.8, 4) is 0 Å². The number of thiocarbonyl (C=S) groups is 1. The van der Waals surface area contributed by atoms with E-state index in [4.69, 9.17) is 17.3 Å². The normalized spacial score (nSPS) is 23.1. The summed E-state index contributed by atoms with van der Waals surface area (Å²) in [6.45, 7) is 0. The molecule has 0 spiro atoms. The molecular formula is C19H18N2S2. The van der Waals surface area contributed by atoms with Crippen LogP contribution < -0.4 is 5.01 Å². The number of rotatable bonds is 2. The number of benzene rings is 2. The lowest BCUT2D eigenvalue weighted by atomic mass is 9.72. The fourth-order valence-electron chi connectivity index (χ4n) is 3.60. The second-order valence-electron chi connectivity index (χ2n) is 6.03. The van der Waals surface area contributed by atoms with Crippen LogP contribution in [0.4, 0.5) is 5.69 Å². The Balaban J connectivity index is 1.61. The van der Waals surface area contributed by atoms with E-state index >= 15 is 0 Å². The van der Waals surface area contributed by atoms with Crippen molar-refractivity contribution in [2.75, 3.05) is 11.3 Å². The monoisotopic (exact) mass is 338 g/mol. The summed E-state index contributed by atoms with van der Waals surface area (Å²) in [6.07, 6.45) is 4.18. The van der Waals surface area contributed by atoms with Gasteiger partial charge < -0.3 is 0 Å². The molecule has 0 aromatic heterocycles. The average molecular weight is 339 g/mol. The Morgan fingerprint density at radius 2 is 1.78 bits per heavy atom. The number of nitrogens with zero attached hydrogens (tertiary/aromatic N) is 2. The zero-order valence-electron chi connectivity index (χ0n) is 13.0. The van der Waals surface area contributed by atoms with Crippen molar-refractivity contribution in [3.63, 3.8) is 0 Å². The van der Waals surface area contributed by atoms with Gasteiger partial charge in [0.05, 0.1) is 5.69 Å². The first kappa shape index (κ1) is 14.9. The molecule has 0 aliphatic heterocycles. The third kappa shape index (κ3) is 2.60. The number of fused-ring (bicyclic) bond motifs is 3. The van der Waals surface area contributed by atoms with Gasteiger partial charge in [0.15, 0.2) is 4.32 Å². The maximum absolute atomic E-state index is 5.52. The number of hydrogen-bond acceptors (Lipinski definition) is 3. The summed E-state index contributed by atoms with van der Waals surface area (Å²) >= 11 is 7.09. The van der Waals surface area contributed by atoms with E-state index in [-0.39, 0.29) is 0 Å². The number of para-hydroxylation sites is 1. The highest BCUT2D eigenvalue weighted by atomic mass is 32.2. The van der Waals surface area contributed by atoms with E-state index in [1.54, 1.807) is 11.8 Å². The summed E-state index contributed by atoms with van der Waals surface area (Å²) in [6, 6.07) is 19.0. The van der Waals surface area contributed by atoms with Crippen LogP contribution in [0.5, 0.6) is 0 Å². The number of thioether (sulfide) groups is 1. The van der Waals surface area contributed by atoms with Crippen LogP contribution in [0.15, 0.2) is 59.7 Å². The van der Waals surface area contributed by atoms with E-state index in [0.29, 0.717) is 11.8 Å². The van der Waals surface area contributed by atoms with Crippen molar-refractivity contribution in [1.82, 2.24) is 0 Å². The van der Waals surface area contributed by atoms with Crippen molar-refractivity contribution >= 4 is 39.7 Å². The zero-order valence-corrected chi connectivity index (χ0v) is 14.6. The molecule has 2 nitrogen and oxygen atoms in total. The average Bonchev–Trinajstić information content (AvgIpc) is 2.88. The minimum absolute atomic E-state index is 0.559. The molecule has 2 atom stereocenters. The maximum Gasteiger partial charge on any atom is 0.161 e. The minimum atomic E-state index is 0.559. The van der Waals surface area contributed by atoms with Crippen molar-refractivity contribution in [3.05, 3.63) is 65.7 Å². The summed E-state index contributed by atoms with van der Waals surface area (Å²) in [4.78, 5) is 0. The third-order valence-corrected chi connectivity index (χ3v) is 6.01. The summed E-state index contributed by atoms with van der Waals surface area (Å²) in [5.74, 6) is 1.22. The Kier molecular flexibility index (Phi) is 3.95. The van der Waals surface area contributed by atoms with Crippen molar-refractivity contribution in [2.24, 2.45) is 11.0 Å². The van der Waals surface area contributed by atoms with Crippen LogP contribution in [-0.4, -0.2) is 16.3 Å². The highest BCUT2D eigenvalue weighted by molar-refractivity contribution is 8.22. The van der Waals surface area contributed by atoms with E-state index in [1.165, 1.54) is 16.8 Å². The first-order valence-electron chi connectivity index (χ1n) is 7.86. The first-order chi connectivity index (χ1) is 11.3. The fraction of sp³-hybridized carbons (Fsp3) is 0.263. The molecule has 4 rings (SSSR count).